The molecule has 1 atom stereocenters. The van der Waals surface area contributed by atoms with Crippen LogP contribution in [-0.2, 0) is 24.8 Å². The number of amides is 1. The number of benzene rings is 1. The molecule has 0 spiro atoms. The molecule has 0 unspecified atom stereocenters. The Hall–Kier alpha value is -2.33. The second-order valence-electron chi connectivity index (χ2n) is 7.07. The molecule has 1 amide bonds. The van der Waals surface area contributed by atoms with Gasteiger partial charge in [0, 0.05) is 6.42 Å². The highest BCUT2D eigenvalue weighted by molar-refractivity contribution is 7.58. The van der Waals surface area contributed by atoms with E-state index in [-0.39, 0.29) is 19.6 Å². The molecule has 9 heteroatoms. The molecule has 0 fully saturated rings. The van der Waals surface area contributed by atoms with Gasteiger partial charge in [-0.15, -0.1) is 0 Å². The van der Waals surface area contributed by atoms with Crippen molar-refractivity contribution in [1.29, 1.82) is 5.26 Å². The molecule has 0 saturated heterocycles. The standard InChI is InChI=1S/C20H29N2O6P/c1-6-26-29(25,27-7-2)17(14-21)18(23)16(13-15-11-9-8-10-12-15)22-19(24)28-20(3,4)5/h8-12,16,23H,6-7,13H2,1-5H3,(H,22,24)/b18-17+/t16-/m0/s1. The number of aliphatic hydroxyl groups is 1. The van der Waals surface area contributed by atoms with Crippen LogP contribution in [-0.4, -0.2) is 36.1 Å². The number of nitrogens with zero attached hydrogens (tertiary/aromatic N) is 1. The number of hydrogen-bond acceptors (Lipinski definition) is 7. The van der Waals surface area contributed by atoms with Crippen molar-refractivity contribution in [1.82, 2.24) is 5.32 Å². The minimum atomic E-state index is -4.05. The number of carbonyl (C=O) groups is 1. The van der Waals surface area contributed by atoms with E-state index in [0.29, 0.717) is 0 Å². The van der Waals surface area contributed by atoms with Crippen molar-refractivity contribution < 1.29 is 28.3 Å². The molecule has 0 heterocycles. The van der Waals surface area contributed by atoms with Gasteiger partial charge in [-0.2, -0.15) is 5.26 Å². The Morgan fingerprint density at radius 2 is 1.76 bits per heavy atom. The molecule has 29 heavy (non-hydrogen) atoms. The van der Waals surface area contributed by atoms with Gasteiger partial charge in [0.1, 0.15) is 17.4 Å². The first-order valence-electron chi connectivity index (χ1n) is 9.32. The van der Waals surface area contributed by atoms with Crippen molar-refractivity contribution in [3.63, 3.8) is 0 Å². The van der Waals surface area contributed by atoms with Gasteiger partial charge in [-0.1, -0.05) is 30.3 Å². The van der Waals surface area contributed by atoms with E-state index in [0.717, 1.165) is 5.56 Å². The Balaban J connectivity index is 3.36. The summed E-state index contributed by atoms with van der Waals surface area (Å²) in [6, 6.07) is 9.68. The molecule has 8 nitrogen and oxygen atoms in total. The summed E-state index contributed by atoms with van der Waals surface area (Å²) in [6.07, 6.45) is -0.653. The average Bonchev–Trinajstić information content (AvgIpc) is 2.61. The van der Waals surface area contributed by atoms with Crippen LogP contribution in [0.4, 0.5) is 4.79 Å². The Morgan fingerprint density at radius 1 is 1.21 bits per heavy atom. The number of nitriles is 1. The highest BCUT2D eigenvalue weighted by Crippen LogP contribution is 2.56. The van der Waals surface area contributed by atoms with E-state index < -0.39 is 36.4 Å². The molecule has 0 saturated carbocycles. The molecule has 1 aromatic rings. The van der Waals surface area contributed by atoms with E-state index in [9.17, 15) is 19.7 Å². The van der Waals surface area contributed by atoms with Gasteiger partial charge < -0.3 is 24.2 Å². The molecule has 160 valence electrons. The topological polar surface area (TPSA) is 118 Å². The smallest absolute Gasteiger partial charge is 0.408 e. The summed E-state index contributed by atoms with van der Waals surface area (Å²) in [5.74, 6) is -0.590. The third kappa shape index (κ3) is 7.90. The van der Waals surface area contributed by atoms with E-state index in [4.69, 9.17) is 13.8 Å². The van der Waals surface area contributed by atoms with E-state index in [1.165, 1.54) is 0 Å². The predicted molar refractivity (Wildman–Crippen MR) is 109 cm³/mol. The normalized spacial score (nSPS) is 13.8. The van der Waals surface area contributed by atoms with Crippen LogP contribution in [0.15, 0.2) is 41.4 Å². The lowest BCUT2D eigenvalue weighted by Crippen LogP contribution is -2.41. The highest BCUT2D eigenvalue weighted by atomic mass is 31.2. The van der Waals surface area contributed by atoms with Gasteiger partial charge in [0.2, 0.25) is 0 Å². The average molecular weight is 424 g/mol. The maximum Gasteiger partial charge on any atom is 0.408 e. The fourth-order valence-electron chi connectivity index (χ4n) is 2.45. The summed E-state index contributed by atoms with van der Waals surface area (Å²) < 4.78 is 28.6. The first-order chi connectivity index (χ1) is 13.6. The van der Waals surface area contributed by atoms with E-state index in [2.05, 4.69) is 5.32 Å². The van der Waals surface area contributed by atoms with Crippen molar-refractivity contribution in [3.8, 4) is 6.07 Å². The summed E-state index contributed by atoms with van der Waals surface area (Å²) in [7, 11) is -4.05. The van der Waals surface area contributed by atoms with Crippen LogP contribution in [0.3, 0.4) is 0 Å². The third-order valence-corrected chi connectivity index (χ3v) is 5.60. The lowest BCUT2D eigenvalue weighted by molar-refractivity contribution is 0.0500. The van der Waals surface area contributed by atoms with Crippen molar-refractivity contribution in [3.05, 3.63) is 47.0 Å². The van der Waals surface area contributed by atoms with Crippen LogP contribution >= 0.6 is 7.60 Å². The zero-order valence-electron chi connectivity index (χ0n) is 17.5. The molecular formula is C20H29N2O6P. The number of rotatable bonds is 9. The Labute approximate surface area is 172 Å². The maximum atomic E-state index is 13.0. The van der Waals surface area contributed by atoms with Gasteiger partial charge in [-0.05, 0) is 40.2 Å². The number of ether oxygens (including phenoxy) is 1. The van der Waals surface area contributed by atoms with Crippen LogP contribution in [0.2, 0.25) is 0 Å². The number of aliphatic hydroxyl groups excluding tert-OH is 1. The monoisotopic (exact) mass is 424 g/mol. The second kappa shape index (κ2) is 11.0. The highest BCUT2D eigenvalue weighted by Gasteiger charge is 2.36. The minimum absolute atomic E-state index is 0.0125. The van der Waals surface area contributed by atoms with Gasteiger partial charge in [-0.25, -0.2) is 4.79 Å². The lowest BCUT2D eigenvalue weighted by atomic mass is 10.0. The van der Waals surface area contributed by atoms with Gasteiger partial charge in [0.05, 0.1) is 19.3 Å². The molecule has 0 aliphatic rings. The van der Waals surface area contributed by atoms with Gasteiger partial charge in [0.15, 0.2) is 5.31 Å². The van der Waals surface area contributed by atoms with Crippen molar-refractivity contribution >= 4 is 13.7 Å². The zero-order chi connectivity index (χ0) is 22.1. The molecule has 0 bridgehead atoms. The number of alkyl carbamates (subject to hydrolysis) is 1. The summed E-state index contributed by atoms with van der Waals surface area (Å²) >= 11 is 0. The zero-order valence-corrected chi connectivity index (χ0v) is 18.4. The molecule has 0 radical (unpaired) electrons. The molecule has 1 aromatic carbocycles. The number of allylic oxidation sites excluding steroid dienone is 1. The second-order valence-corrected chi connectivity index (χ2v) is 9.03. The minimum Gasteiger partial charge on any atom is -0.508 e. The van der Waals surface area contributed by atoms with E-state index in [1.807, 2.05) is 6.07 Å². The van der Waals surface area contributed by atoms with Crippen LogP contribution in [0.1, 0.15) is 40.2 Å². The fourth-order valence-corrected chi connectivity index (χ4v) is 4.02. The molecule has 0 aliphatic heterocycles. The molecule has 0 aromatic heterocycles. The SMILES string of the molecule is CCOP(=O)(OCC)/C(C#N)=C(/O)[C@H](Cc1ccccc1)NC(=O)OC(C)(C)C. The van der Waals surface area contributed by atoms with Crippen molar-refractivity contribution in [2.45, 2.75) is 52.7 Å². The lowest BCUT2D eigenvalue weighted by Gasteiger charge is -2.25. The quantitative estimate of drug-likeness (QED) is 0.336. The number of hydrogen-bond donors (Lipinski definition) is 2. The Kier molecular flexibility index (Phi) is 9.38. The number of nitrogens with one attached hydrogen (secondary N) is 1. The first-order valence-corrected chi connectivity index (χ1v) is 10.9. The van der Waals surface area contributed by atoms with Gasteiger partial charge >= 0.3 is 13.7 Å². The summed E-state index contributed by atoms with van der Waals surface area (Å²) in [5, 5.41) is 22.4. The third-order valence-electron chi connectivity index (χ3n) is 3.52. The van der Waals surface area contributed by atoms with Gasteiger partial charge in [0.25, 0.3) is 0 Å². The molecular weight excluding hydrogens is 395 g/mol. The Bertz CT molecular complexity index is 785. The molecule has 2 N–H and O–H groups in total. The van der Waals surface area contributed by atoms with Crippen molar-refractivity contribution in [2.75, 3.05) is 13.2 Å². The van der Waals surface area contributed by atoms with Crippen LogP contribution in [0.25, 0.3) is 0 Å². The van der Waals surface area contributed by atoms with Crippen molar-refractivity contribution in [2.24, 2.45) is 0 Å². The fraction of sp³-hybridized carbons (Fsp3) is 0.500. The number of carbonyl (C=O) groups excluding carboxylic acids is 1. The first kappa shape index (κ1) is 24.7. The van der Waals surface area contributed by atoms with Crippen LogP contribution < -0.4 is 5.32 Å². The predicted octanol–water partition coefficient (Wildman–Crippen LogP) is 4.68. The Morgan fingerprint density at radius 3 is 2.21 bits per heavy atom. The summed E-state index contributed by atoms with van der Waals surface area (Å²) in [4.78, 5) is 12.3. The maximum absolute atomic E-state index is 13.0. The molecule has 1 rings (SSSR count). The van der Waals surface area contributed by atoms with Crippen LogP contribution in [0.5, 0.6) is 0 Å². The largest absolute Gasteiger partial charge is 0.508 e. The molecule has 0 aliphatic carbocycles. The van der Waals surface area contributed by atoms with E-state index >= 15 is 0 Å². The van der Waals surface area contributed by atoms with Crippen LogP contribution in [0, 0.1) is 11.3 Å². The summed E-state index contributed by atoms with van der Waals surface area (Å²) in [6.45, 7) is 8.32. The summed E-state index contributed by atoms with van der Waals surface area (Å²) in [5.41, 5.74) is 0.0186. The van der Waals surface area contributed by atoms with Gasteiger partial charge in [-0.3, -0.25) is 4.57 Å². The van der Waals surface area contributed by atoms with E-state index in [1.54, 1.807) is 65.0 Å².